The van der Waals surface area contributed by atoms with Crippen LogP contribution in [0.25, 0.3) is 11.3 Å². The van der Waals surface area contributed by atoms with Crippen LogP contribution >= 0.6 is 0 Å². The Morgan fingerprint density at radius 2 is 1.86 bits per heavy atom. The third-order valence-electron chi connectivity index (χ3n) is 5.64. The Morgan fingerprint density at radius 1 is 1.17 bits per heavy atom. The summed E-state index contributed by atoms with van der Waals surface area (Å²) in [5, 5.41) is 10.2. The van der Waals surface area contributed by atoms with Gasteiger partial charge in [-0.3, -0.25) is 14.6 Å². The number of nitrogens with zero attached hydrogens (tertiary/aromatic N) is 3. The van der Waals surface area contributed by atoms with E-state index in [4.69, 9.17) is 0 Å². The zero-order valence-corrected chi connectivity index (χ0v) is 16.9. The van der Waals surface area contributed by atoms with Gasteiger partial charge in [0.15, 0.2) is 11.6 Å². The lowest BCUT2D eigenvalue weighted by Crippen LogP contribution is -2.42. The molecule has 0 radical (unpaired) electrons. The summed E-state index contributed by atoms with van der Waals surface area (Å²) < 4.78 is 14.0. The van der Waals surface area contributed by atoms with E-state index in [0.29, 0.717) is 6.04 Å². The molecular weight excluding hydrogens is 373 g/mol. The fourth-order valence-electron chi connectivity index (χ4n) is 3.75. The number of Topliss-reactive ketones (excluding diaryl/α,β-unsaturated/α-hetero) is 2. The van der Waals surface area contributed by atoms with Gasteiger partial charge in [-0.1, -0.05) is 0 Å². The summed E-state index contributed by atoms with van der Waals surface area (Å²) in [6.07, 6.45) is 3.91. The lowest BCUT2D eigenvalue weighted by Gasteiger charge is -2.34. The number of carbonyl (C=O) groups is 2. The van der Waals surface area contributed by atoms with Crippen molar-refractivity contribution < 1.29 is 19.1 Å². The van der Waals surface area contributed by atoms with E-state index in [1.54, 1.807) is 6.92 Å². The molecule has 0 aliphatic carbocycles. The maximum absolute atomic E-state index is 14.0. The normalized spacial score (nSPS) is 16.7. The molecule has 2 aromatic rings. The van der Waals surface area contributed by atoms with Gasteiger partial charge in [0.25, 0.3) is 0 Å². The first-order chi connectivity index (χ1) is 13.8. The Bertz CT molecular complexity index is 908. The minimum Gasteiger partial charge on any atom is -0.506 e. The van der Waals surface area contributed by atoms with Crippen LogP contribution in [-0.4, -0.2) is 50.7 Å². The Labute approximate surface area is 169 Å². The van der Waals surface area contributed by atoms with Crippen molar-refractivity contribution in [3.05, 3.63) is 42.1 Å². The number of aromatic nitrogens is 2. The first-order valence-electron chi connectivity index (χ1n) is 9.91. The Hall–Kier alpha value is -2.67. The monoisotopic (exact) mass is 399 g/mol. The molecule has 1 aliphatic heterocycles. The molecule has 1 unspecified atom stereocenters. The van der Waals surface area contributed by atoms with E-state index < -0.39 is 17.5 Å². The number of pyridine rings is 2. The molecule has 1 fully saturated rings. The van der Waals surface area contributed by atoms with Crippen LogP contribution < -0.4 is 0 Å². The van der Waals surface area contributed by atoms with E-state index >= 15 is 0 Å². The first-order valence-corrected chi connectivity index (χ1v) is 9.91. The summed E-state index contributed by atoms with van der Waals surface area (Å²) >= 11 is 0. The molecule has 1 aliphatic rings. The fraction of sp³-hybridized carbons (Fsp3) is 0.455. The molecule has 0 amide bonds. The van der Waals surface area contributed by atoms with Gasteiger partial charge in [-0.2, -0.15) is 0 Å². The third-order valence-corrected chi connectivity index (χ3v) is 5.64. The summed E-state index contributed by atoms with van der Waals surface area (Å²) in [4.78, 5) is 36.0. The molecule has 1 saturated heterocycles. The molecule has 154 valence electrons. The minimum absolute atomic E-state index is 0.125. The molecule has 0 aromatic carbocycles. The zero-order chi connectivity index (χ0) is 21.1. The molecule has 1 N–H and O–H groups in total. The average Bonchev–Trinajstić information content (AvgIpc) is 2.73. The summed E-state index contributed by atoms with van der Waals surface area (Å²) in [5.41, 5.74) is 0.171. The molecule has 6 nitrogen and oxygen atoms in total. The van der Waals surface area contributed by atoms with Gasteiger partial charge in [-0.05, 0) is 64.9 Å². The fourth-order valence-corrected chi connectivity index (χ4v) is 3.75. The predicted molar refractivity (Wildman–Crippen MR) is 107 cm³/mol. The number of rotatable bonds is 6. The maximum Gasteiger partial charge on any atom is 0.195 e. The molecule has 0 bridgehead atoms. The highest BCUT2D eigenvalue weighted by Gasteiger charge is 2.33. The van der Waals surface area contributed by atoms with Crippen LogP contribution in [0.1, 0.15) is 44.1 Å². The van der Waals surface area contributed by atoms with Gasteiger partial charge < -0.3 is 10.0 Å². The van der Waals surface area contributed by atoms with E-state index in [-0.39, 0.29) is 34.4 Å². The number of ketones is 2. The number of carbonyl (C=O) groups excluding carboxylic acids is 2. The van der Waals surface area contributed by atoms with Gasteiger partial charge in [0.1, 0.15) is 17.2 Å². The van der Waals surface area contributed by atoms with Gasteiger partial charge in [-0.15, -0.1) is 0 Å². The van der Waals surface area contributed by atoms with E-state index in [1.807, 2.05) is 0 Å². The average molecular weight is 399 g/mol. The second-order valence-electron chi connectivity index (χ2n) is 7.81. The van der Waals surface area contributed by atoms with Crippen LogP contribution in [0, 0.1) is 17.7 Å². The van der Waals surface area contributed by atoms with Crippen LogP contribution in [0.4, 0.5) is 4.39 Å². The quantitative estimate of drug-likeness (QED) is 0.591. The topological polar surface area (TPSA) is 83.4 Å². The molecule has 1 atom stereocenters. The largest absolute Gasteiger partial charge is 0.506 e. The van der Waals surface area contributed by atoms with Crippen molar-refractivity contribution in [1.29, 1.82) is 0 Å². The van der Waals surface area contributed by atoms with Crippen LogP contribution in [0.15, 0.2) is 30.6 Å². The number of aromatic hydroxyl groups is 1. The van der Waals surface area contributed by atoms with E-state index in [0.717, 1.165) is 32.1 Å². The van der Waals surface area contributed by atoms with Crippen LogP contribution in [-0.2, 0) is 4.79 Å². The first kappa shape index (κ1) is 21.0. The molecule has 3 heterocycles. The van der Waals surface area contributed by atoms with Gasteiger partial charge in [0, 0.05) is 23.7 Å². The molecule has 29 heavy (non-hydrogen) atoms. The molecule has 0 saturated carbocycles. The lowest BCUT2D eigenvalue weighted by atomic mass is 9.83. The Kier molecular flexibility index (Phi) is 6.37. The van der Waals surface area contributed by atoms with Crippen molar-refractivity contribution in [1.82, 2.24) is 14.9 Å². The highest BCUT2D eigenvalue weighted by molar-refractivity contribution is 6.11. The SMILES string of the molecule is CC(C(=O)c1nc(-c2ccncc2F)ccc1O)C(=O)C1CCN(C(C)C)CC1. The third kappa shape index (κ3) is 4.50. The van der Waals surface area contributed by atoms with Crippen molar-refractivity contribution in [2.75, 3.05) is 13.1 Å². The summed E-state index contributed by atoms with van der Waals surface area (Å²) in [7, 11) is 0. The molecule has 3 rings (SSSR count). The highest BCUT2D eigenvalue weighted by atomic mass is 19.1. The number of hydrogen-bond donors (Lipinski definition) is 1. The van der Waals surface area contributed by atoms with Crippen molar-refractivity contribution in [2.24, 2.45) is 11.8 Å². The van der Waals surface area contributed by atoms with Crippen molar-refractivity contribution >= 4 is 11.6 Å². The molecule has 0 spiro atoms. The standard InChI is InChI=1S/C22H26FN3O3/c1-13(2)26-10-7-15(8-11-26)21(28)14(3)22(29)20-19(27)5-4-18(25-20)16-6-9-24-12-17(16)23/h4-6,9,12-15,27H,7-8,10-11H2,1-3H3. The van der Waals surface area contributed by atoms with Gasteiger partial charge in [0.2, 0.25) is 0 Å². The van der Waals surface area contributed by atoms with Crippen molar-refractivity contribution in [2.45, 2.75) is 39.7 Å². The summed E-state index contributed by atoms with van der Waals surface area (Å²) in [5.74, 6) is -2.66. The van der Waals surface area contributed by atoms with Gasteiger partial charge >= 0.3 is 0 Å². The van der Waals surface area contributed by atoms with Crippen LogP contribution in [0.2, 0.25) is 0 Å². The van der Waals surface area contributed by atoms with Crippen molar-refractivity contribution in [3.63, 3.8) is 0 Å². The number of hydrogen-bond acceptors (Lipinski definition) is 6. The van der Waals surface area contributed by atoms with Gasteiger partial charge in [-0.25, -0.2) is 9.37 Å². The summed E-state index contributed by atoms with van der Waals surface area (Å²) in [6.45, 7) is 7.47. The second kappa shape index (κ2) is 8.78. The molecule has 7 heteroatoms. The van der Waals surface area contributed by atoms with Crippen molar-refractivity contribution in [3.8, 4) is 17.0 Å². The number of halogens is 1. The van der Waals surface area contributed by atoms with E-state index in [9.17, 15) is 19.1 Å². The molecule has 2 aromatic heterocycles. The predicted octanol–water partition coefficient (Wildman–Crippen LogP) is 3.50. The Balaban J connectivity index is 1.78. The smallest absolute Gasteiger partial charge is 0.195 e. The van der Waals surface area contributed by atoms with Crippen LogP contribution in [0.3, 0.4) is 0 Å². The van der Waals surface area contributed by atoms with Gasteiger partial charge in [0.05, 0.1) is 17.8 Å². The second-order valence-corrected chi connectivity index (χ2v) is 7.81. The zero-order valence-electron chi connectivity index (χ0n) is 16.9. The minimum atomic E-state index is -0.915. The summed E-state index contributed by atoms with van der Waals surface area (Å²) in [6, 6.07) is 4.61. The number of likely N-dealkylation sites (tertiary alicyclic amines) is 1. The highest BCUT2D eigenvalue weighted by Crippen LogP contribution is 2.28. The molecular formula is C22H26FN3O3. The van der Waals surface area contributed by atoms with E-state index in [2.05, 4.69) is 28.7 Å². The van der Waals surface area contributed by atoms with Crippen LogP contribution in [0.5, 0.6) is 5.75 Å². The van der Waals surface area contributed by atoms with E-state index in [1.165, 1.54) is 24.4 Å². The maximum atomic E-state index is 14.0. The number of piperidine rings is 1. The lowest BCUT2D eigenvalue weighted by molar-refractivity contribution is -0.126. The Morgan fingerprint density at radius 3 is 2.48 bits per heavy atom.